The van der Waals surface area contributed by atoms with Gasteiger partial charge in [0.25, 0.3) is 0 Å². The van der Waals surface area contributed by atoms with Gasteiger partial charge < -0.3 is 19.2 Å². The van der Waals surface area contributed by atoms with Crippen molar-refractivity contribution >= 4 is 22.7 Å². The quantitative estimate of drug-likeness (QED) is 0.361. The third-order valence-corrected chi connectivity index (χ3v) is 4.26. The Morgan fingerprint density at radius 1 is 1.18 bits per heavy atom. The van der Waals surface area contributed by atoms with Gasteiger partial charge in [-0.05, 0) is 31.2 Å². The van der Waals surface area contributed by atoms with Crippen LogP contribution in [0.5, 0.6) is 11.5 Å². The molecule has 6 nitrogen and oxygen atoms in total. The predicted octanol–water partition coefficient (Wildman–Crippen LogP) is 4.17. The molecule has 0 aliphatic rings. The van der Waals surface area contributed by atoms with Crippen LogP contribution in [0.3, 0.4) is 0 Å². The average molecular weight is 379 g/mol. The third kappa shape index (κ3) is 3.91. The molecule has 1 N–H and O–H groups in total. The lowest BCUT2D eigenvalue weighted by atomic mass is 10.1. The van der Waals surface area contributed by atoms with Crippen molar-refractivity contribution < 1.29 is 23.8 Å². The fourth-order valence-electron chi connectivity index (χ4n) is 2.84. The molecule has 28 heavy (non-hydrogen) atoms. The summed E-state index contributed by atoms with van der Waals surface area (Å²) in [5.74, 6) is -0.00765. The number of benzene rings is 2. The van der Waals surface area contributed by atoms with Crippen molar-refractivity contribution in [2.45, 2.75) is 13.0 Å². The highest BCUT2D eigenvalue weighted by Gasteiger charge is 2.23. The van der Waals surface area contributed by atoms with Crippen LogP contribution in [-0.2, 0) is 4.74 Å². The van der Waals surface area contributed by atoms with Crippen LogP contribution >= 0.6 is 0 Å². The zero-order valence-electron chi connectivity index (χ0n) is 15.7. The van der Waals surface area contributed by atoms with Crippen molar-refractivity contribution in [1.82, 2.24) is 4.98 Å². The molecule has 0 amide bonds. The number of fused-ring (bicyclic) bond motifs is 1. The van der Waals surface area contributed by atoms with E-state index in [9.17, 15) is 9.59 Å². The molecule has 1 aromatic heterocycles. The second-order valence-corrected chi connectivity index (χ2v) is 6.13. The van der Waals surface area contributed by atoms with Crippen LogP contribution in [0.1, 0.15) is 27.6 Å². The second kappa shape index (κ2) is 8.43. The van der Waals surface area contributed by atoms with E-state index in [-0.39, 0.29) is 11.3 Å². The van der Waals surface area contributed by atoms with Gasteiger partial charge in [0, 0.05) is 22.7 Å². The number of methoxy groups -OCH3 is 1. The number of aromatic amines is 1. The fraction of sp³-hybridized carbons (Fsp3) is 0.182. The molecule has 144 valence electrons. The molecule has 0 aliphatic carbocycles. The summed E-state index contributed by atoms with van der Waals surface area (Å²) in [5.41, 5.74) is 1.60. The highest BCUT2D eigenvalue weighted by Crippen LogP contribution is 2.28. The normalized spacial score (nSPS) is 11.6. The first-order valence-electron chi connectivity index (χ1n) is 8.78. The van der Waals surface area contributed by atoms with E-state index >= 15 is 0 Å². The second-order valence-electron chi connectivity index (χ2n) is 6.13. The largest absolute Gasteiger partial charge is 0.493 e. The average Bonchev–Trinajstić information content (AvgIpc) is 3.15. The predicted molar refractivity (Wildman–Crippen MR) is 106 cm³/mol. The Labute approximate surface area is 162 Å². The molecule has 0 radical (unpaired) electrons. The number of rotatable bonds is 8. The summed E-state index contributed by atoms with van der Waals surface area (Å²) in [6, 6.07) is 12.2. The molecule has 0 spiro atoms. The molecule has 2 aromatic carbocycles. The fourth-order valence-corrected chi connectivity index (χ4v) is 2.84. The maximum Gasteiger partial charge on any atom is 0.338 e. The molecule has 6 heteroatoms. The van der Waals surface area contributed by atoms with Crippen molar-refractivity contribution in [3.63, 3.8) is 0 Å². The minimum Gasteiger partial charge on any atom is -0.493 e. The van der Waals surface area contributed by atoms with Gasteiger partial charge in [0.1, 0.15) is 6.61 Å². The maximum atomic E-state index is 12.7. The van der Waals surface area contributed by atoms with Crippen LogP contribution in [0.25, 0.3) is 10.9 Å². The lowest BCUT2D eigenvalue weighted by Crippen LogP contribution is -2.24. The molecule has 0 saturated carbocycles. The molecule has 0 bridgehead atoms. The lowest BCUT2D eigenvalue weighted by molar-refractivity contribution is 0.0319. The summed E-state index contributed by atoms with van der Waals surface area (Å²) >= 11 is 0. The number of Topliss-reactive ketones (excluding diaryl/α,β-unsaturated/α-hetero) is 1. The minimum atomic E-state index is -0.936. The summed E-state index contributed by atoms with van der Waals surface area (Å²) < 4.78 is 16.1. The Balaban J connectivity index is 1.74. The highest BCUT2D eigenvalue weighted by atomic mass is 16.5. The van der Waals surface area contributed by atoms with Gasteiger partial charge in [-0.2, -0.15) is 0 Å². The Morgan fingerprint density at radius 3 is 2.71 bits per heavy atom. The van der Waals surface area contributed by atoms with Crippen molar-refractivity contribution in [3.8, 4) is 11.5 Å². The van der Waals surface area contributed by atoms with Gasteiger partial charge in [-0.3, -0.25) is 4.79 Å². The standard InChI is InChI=1S/C22H21NO5/c1-4-11-27-19-10-9-15(12-20(19)26-3)22(25)28-14(2)21(24)17-13-23-18-8-6-5-7-16(17)18/h4-10,12-14,23H,1,11H2,2-3H3/t14-/m1/s1. The zero-order valence-corrected chi connectivity index (χ0v) is 15.7. The smallest absolute Gasteiger partial charge is 0.338 e. The molecular weight excluding hydrogens is 358 g/mol. The van der Waals surface area contributed by atoms with Crippen molar-refractivity contribution in [2.24, 2.45) is 0 Å². The Morgan fingerprint density at radius 2 is 1.96 bits per heavy atom. The molecule has 1 atom stereocenters. The summed E-state index contributed by atoms with van der Waals surface area (Å²) in [5, 5.41) is 0.792. The number of para-hydroxylation sites is 1. The first-order valence-corrected chi connectivity index (χ1v) is 8.78. The van der Waals surface area contributed by atoms with E-state index in [0.717, 1.165) is 10.9 Å². The van der Waals surface area contributed by atoms with Crippen molar-refractivity contribution in [2.75, 3.05) is 13.7 Å². The van der Waals surface area contributed by atoms with E-state index in [0.29, 0.717) is 23.7 Å². The van der Waals surface area contributed by atoms with Crippen LogP contribution < -0.4 is 9.47 Å². The minimum absolute atomic E-state index is 0.265. The first-order chi connectivity index (χ1) is 13.5. The number of H-pyrrole nitrogens is 1. The number of hydrogen-bond acceptors (Lipinski definition) is 5. The number of aromatic nitrogens is 1. The highest BCUT2D eigenvalue weighted by molar-refractivity contribution is 6.10. The van der Waals surface area contributed by atoms with Gasteiger partial charge in [-0.15, -0.1) is 0 Å². The molecule has 0 aliphatic heterocycles. The van der Waals surface area contributed by atoms with Gasteiger partial charge in [-0.1, -0.05) is 30.9 Å². The number of nitrogens with one attached hydrogen (secondary N) is 1. The summed E-state index contributed by atoms with van der Waals surface area (Å²) in [6.45, 7) is 5.46. The first kappa shape index (κ1) is 19.2. The van der Waals surface area contributed by atoms with Crippen LogP contribution in [0.4, 0.5) is 0 Å². The van der Waals surface area contributed by atoms with E-state index in [2.05, 4.69) is 11.6 Å². The van der Waals surface area contributed by atoms with Gasteiger partial charge in [-0.25, -0.2) is 4.79 Å². The Hall–Kier alpha value is -3.54. The SMILES string of the molecule is C=CCOc1ccc(C(=O)O[C@H](C)C(=O)c2c[nH]c3ccccc23)cc1OC. The van der Waals surface area contributed by atoms with Crippen LogP contribution in [0, 0.1) is 0 Å². The maximum absolute atomic E-state index is 12.7. The van der Waals surface area contributed by atoms with E-state index in [1.165, 1.54) is 13.2 Å². The third-order valence-electron chi connectivity index (χ3n) is 4.26. The van der Waals surface area contributed by atoms with E-state index in [1.54, 1.807) is 31.3 Å². The number of esters is 1. The summed E-state index contributed by atoms with van der Waals surface area (Å²) in [7, 11) is 1.48. The summed E-state index contributed by atoms with van der Waals surface area (Å²) in [4.78, 5) is 28.3. The molecule has 1 heterocycles. The number of ketones is 1. The van der Waals surface area contributed by atoms with Crippen molar-refractivity contribution in [1.29, 1.82) is 0 Å². The molecule has 3 rings (SSSR count). The van der Waals surface area contributed by atoms with Crippen LogP contribution in [-0.4, -0.2) is 36.6 Å². The van der Waals surface area contributed by atoms with Crippen molar-refractivity contribution in [3.05, 3.63) is 72.4 Å². The van der Waals surface area contributed by atoms with Crippen LogP contribution in [0.15, 0.2) is 61.3 Å². The lowest BCUT2D eigenvalue weighted by Gasteiger charge is -2.14. The van der Waals surface area contributed by atoms with Crippen LogP contribution in [0.2, 0.25) is 0 Å². The molecular formula is C22H21NO5. The van der Waals surface area contributed by atoms with E-state index in [4.69, 9.17) is 14.2 Å². The van der Waals surface area contributed by atoms with Gasteiger partial charge in [0.15, 0.2) is 17.6 Å². The van der Waals surface area contributed by atoms with Gasteiger partial charge >= 0.3 is 5.97 Å². The Bertz CT molecular complexity index is 1020. The van der Waals surface area contributed by atoms with Gasteiger partial charge in [0.05, 0.1) is 12.7 Å². The number of hydrogen-bond donors (Lipinski definition) is 1. The molecule has 3 aromatic rings. The zero-order chi connectivity index (χ0) is 20.1. The molecule has 0 unspecified atom stereocenters. The molecule has 0 saturated heterocycles. The van der Waals surface area contributed by atoms with E-state index in [1.807, 2.05) is 24.3 Å². The number of carbonyl (C=O) groups excluding carboxylic acids is 2. The summed E-state index contributed by atoms with van der Waals surface area (Å²) in [6.07, 6.45) is 2.31. The molecule has 0 fully saturated rings. The Kier molecular flexibility index (Phi) is 5.79. The number of ether oxygens (including phenoxy) is 3. The van der Waals surface area contributed by atoms with Gasteiger partial charge in [0.2, 0.25) is 5.78 Å². The monoisotopic (exact) mass is 379 g/mol. The topological polar surface area (TPSA) is 77.6 Å². The van der Waals surface area contributed by atoms with E-state index < -0.39 is 12.1 Å². The number of carbonyl (C=O) groups is 2.